The maximum atomic E-state index is 12.1. The topological polar surface area (TPSA) is 26.3 Å². The Balaban J connectivity index is 2.16. The highest BCUT2D eigenvalue weighted by Gasteiger charge is 2.23. The SMILES string of the molecule is O=C(c1ccc(Cl)c(Cl)c1)C1CCCOC1. The van der Waals surface area contributed by atoms with Crippen molar-refractivity contribution in [2.45, 2.75) is 12.8 Å². The zero-order chi connectivity index (χ0) is 11.5. The predicted molar refractivity (Wildman–Crippen MR) is 64.3 cm³/mol. The molecule has 0 aliphatic carbocycles. The molecule has 1 aliphatic rings. The molecule has 0 N–H and O–H groups in total. The Morgan fingerprint density at radius 1 is 1.31 bits per heavy atom. The van der Waals surface area contributed by atoms with Crippen LogP contribution in [-0.4, -0.2) is 19.0 Å². The number of carbonyl (C=O) groups excluding carboxylic acids is 1. The van der Waals surface area contributed by atoms with Crippen LogP contribution in [0.1, 0.15) is 23.2 Å². The first-order valence-electron chi connectivity index (χ1n) is 5.25. The molecule has 2 rings (SSSR count). The van der Waals surface area contributed by atoms with Crippen LogP contribution >= 0.6 is 23.2 Å². The number of hydrogen-bond acceptors (Lipinski definition) is 2. The normalized spacial score (nSPS) is 20.8. The van der Waals surface area contributed by atoms with Crippen LogP contribution in [0, 0.1) is 5.92 Å². The number of benzene rings is 1. The smallest absolute Gasteiger partial charge is 0.168 e. The number of hydrogen-bond donors (Lipinski definition) is 0. The maximum Gasteiger partial charge on any atom is 0.168 e. The van der Waals surface area contributed by atoms with Gasteiger partial charge in [0.2, 0.25) is 0 Å². The molecule has 1 aromatic carbocycles. The van der Waals surface area contributed by atoms with Gasteiger partial charge >= 0.3 is 0 Å². The molecule has 0 radical (unpaired) electrons. The summed E-state index contributed by atoms with van der Waals surface area (Å²) in [5.74, 6) is 0.0595. The zero-order valence-electron chi connectivity index (χ0n) is 8.71. The number of rotatable bonds is 2. The van der Waals surface area contributed by atoms with Gasteiger partial charge in [-0.1, -0.05) is 23.2 Å². The highest BCUT2D eigenvalue weighted by atomic mass is 35.5. The van der Waals surface area contributed by atoms with E-state index >= 15 is 0 Å². The van der Waals surface area contributed by atoms with Crippen LogP contribution in [0.2, 0.25) is 10.0 Å². The fourth-order valence-electron chi connectivity index (χ4n) is 1.83. The second-order valence-electron chi connectivity index (χ2n) is 3.91. The average molecular weight is 259 g/mol. The Bertz CT molecular complexity index is 398. The lowest BCUT2D eigenvalue weighted by Crippen LogP contribution is -2.25. The lowest BCUT2D eigenvalue weighted by molar-refractivity contribution is 0.0461. The second kappa shape index (κ2) is 5.17. The van der Waals surface area contributed by atoms with E-state index in [1.54, 1.807) is 18.2 Å². The summed E-state index contributed by atoms with van der Waals surface area (Å²) in [6, 6.07) is 4.99. The van der Waals surface area contributed by atoms with Gasteiger partial charge < -0.3 is 4.74 Å². The fourth-order valence-corrected chi connectivity index (χ4v) is 2.13. The van der Waals surface area contributed by atoms with Gasteiger partial charge in [0, 0.05) is 18.1 Å². The molecule has 1 aromatic rings. The molecule has 1 aliphatic heterocycles. The summed E-state index contributed by atoms with van der Waals surface area (Å²) >= 11 is 11.7. The van der Waals surface area contributed by atoms with E-state index in [0.717, 1.165) is 19.4 Å². The molecule has 1 fully saturated rings. The standard InChI is InChI=1S/C12H12Cl2O2/c13-10-4-3-8(6-11(10)14)12(15)9-2-1-5-16-7-9/h3-4,6,9H,1-2,5,7H2. The molecule has 1 heterocycles. The van der Waals surface area contributed by atoms with Crippen LogP contribution in [-0.2, 0) is 4.74 Å². The van der Waals surface area contributed by atoms with Crippen molar-refractivity contribution in [3.63, 3.8) is 0 Å². The third kappa shape index (κ3) is 2.57. The molecule has 0 bridgehead atoms. The van der Waals surface area contributed by atoms with Crippen molar-refractivity contribution in [1.82, 2.24) is 0 Å². The average Bonchev–Trinajstić information content (AvgIpc) is 2.33. The van der Waals surface area contributed by atoms with Gasteiger partial charge in [-0.15, -0.1) is 0 Å². The van der Waals surface area contributed by atoms with Gasteiger partial charge in [0.05, 0.1) is 16.7 Å². The second-order valence-corrected chi connectivity index (χ2v) is 4.72. The van der Waals surface area contributed by atoms with Gasteiger partial charge in [0.1, 0.15) is 0 Å². The number of halogens is 2. The van der Waals surface area contributed by atoms with Crippen molar-refractivity contribution >= 4 is 29.0 Å². The molecular weight excluding hydrogens is 247 g/mol. The summed E-state index contributed by atoms with van der Waals surface area (Å²) in [5.41, 5.74) is 0.616. The maximum absolute atomic E-state index is 12.1. The van der Waals surface area contributed by atoms with Gasteiger partial charge in [-0.05, 0) is 31.0 Å². The summed E-state index contributed by atoms with van der Waals surface area (Å²) in [7, 11) is 0. The number of ketones is 1. The van der Waals surface area contributed by atoms with Gasteiger partial charge in [0.25, 0.3) is 0 Å². The predicted octanol–water partition coefficient (Wildman–Crippen LogP) is 3.60. The number of carbonyl (C=O) groups is 1. The van der Waals surface area contributed by atoms with Gasteiger partial charge in [-0.25, -0.2) is 0 Å². The fraction of sp³-hybridized carbons (Fsp3) is 0.417. The molecule has 0 aromatic heterocycles. The van der Waals surface area contributed by atoms with E-state index in [1.165, 1.54) is 0 Å². The van der Waals surface area contributed by atoms with Gasteiger partial charge in [0.15, 0.2) is 5.78 Å². The van der Waals surface area contributed by atoms with Crippen LogP contribution in [0.5, 0.6) is 0 Å². The third-order valence-corrected chi connectivity index (χ3v) is 3.47. The number of ether oxygens (including phenoxy) is 1. The first-order valence-corrected chi connectivity index (χ1v) is 6.01. The highest BCUT2D eigenvalue weighted by Crippen LogP contribution is 2.25. The van der Waals surface area contributed by atoms with E-state index in [0.29, 0.717) is 22.2 Å². The van der Waals surface area contributed by atoms with Crippen molar-refractivity contribution in [1.29, 1.82) is 0 Å². The largest absolute Gasteiger partial charge is 0.381 e. The Kier molecular flexibility index (Phi) is 3.85. The van der Waals surface area contributed by atoms with Crippen molar-refractivity contribution in [3.8, 4) is 0 Å². The van der Waals surface area contributed by atoms with Crippen molar-refractivity contribution in [2.75, 3.05) is 13.2 Å². The molecule has 16 heavy (non-hydrogen) atoms. The summed E-state index contributed by atoms with van der Waals surface area (Å²) in [5, 5.41) is 0.891. The van der Waals surface area contributed by atoms with Crippen molar-refractivity contribution in [3.05, 3.63) is 33.8 Å². The monoisotopic (exact) mass is 258 g/mol. The minimum atomic E-state index is -0.0361. The van der Waals surface area contributed by atoms with Gasteiger partial charge in [-0.3, -0.25) is 4.79 Å². The lowest BCUT2D eigenvalue weighted by Gasteiger charge is -2.20. The molecule has 1 atom stereocenters. The molecular formula is C12H12Cl2O2. The van der Waals surface area contributed by atoms with Crippen LogP contribution in [0.4, 0.5) is 0 Å². The van der Waals surface area contributed by atoms with Crippen LogP contribution < -0.4 is 0 Å². The van der Waals surface area contributed by atoms with Crippen LogP contribution in [0.3, 0.4) is 0 Å². The Morgan fingerprint density at radius 3 is 2.75 bits per heavy atom. The Morgan fingerprint density at radius 2 is 2.12 bits per heavy atom. The molecule has 1 unspecified atom stereocenters. The molecule has 86 valence electrons. The van der Waals surface area contributed by atoms with E-state index in [-0.39, 0.29) is 11.7 Å². The minimum Gasteiger partial charge on any atom is -0.381 e. The van der Waals surface area contributed by atoms with E-state index < -0.39 is 0 Å². The summed E-state index contributed by atoms with van der Waals surface area (Å²) in [4.78, 5) is 12.1. The molecule has 2 nitrogen and oxygen atoms in total. The molecule has 0 saturated carbocycles. The minimum absolute atomic E-state index is 0.0361. The van der Waals surface area contributed by atoms with E-state index in [4.69, 9.17) is 27.9 Å². The zero-order valence-corrected chi connectivity index (χ0v) is 10.2. The summed E-state index contributed by atoms with van der Waals surface area (Å²) < 4.78 is 5.30. The van der Waals surface area contributed by atoms with Crippen LogP contribution in [0.15, 0.2) is 18.2 Å². The van der Waals surface area contributed by atoms with E-state index in [1.807, 2.05) is 0 Å². The van der Waals surface area contributed by atoms with Crippen molar-refractivity contribution in [2.24, 2.45) is 5.92 Å². The third-order valence-electron chi connectivity index (χ3n) is 2.74. The van der Waals surface area contributed by atoms with E-state index in [2.05, 4.69) is 0 Å². The molecule has 0 amide bonds. The first kappa shape index (κ1) is 11.9. The summed E-state index contributed by atoms with van der Waals surface area (Å²) in [6.45, 7) is 1.27. The molecule has 1 saturated heterocycles. The van der Waals surface area contributed by atoms with Crippen molar-refractivity contribution < 1.29 is 9.53 Å². The Labute approximate surface area is 104 Å². The highest BCUT2D eigenvalue weighted by molar-refractivity contribution is 6.42. The van der Waals surface area contributed by atoms with E-state index in [9.17, 15) is 4.79 Å². The quantitative estimate of drug-likeness (QED) is 0.758. The number of Topliss-reactive ketones (excluding diaryl/α,β-unsaturated/α-hetero) is 1. The lowest BCUT2D eigenvalue weighted by atomic mass is 9.93. The molecule has 0 spiro atoms. The van der Waals surface area contributed by atoms with Crippen LogP contribution in [0.25, 0.3) is 0 Å². The summed E-state index contributed by atoms with van der Waals surface area (Å²) in [6.07, 6.45) is 1.83. The molecule has 4 heteroatoms. The van der Waals surface area contributed by atoms with Gasteiger partial charge in [-0.2, -0.15) is 0 Å². The first-order chi connectivity index (χ1) is 7.68. The Hall–Kier alpha value is -0.570.